The van der Waals surface area contributed by atoms with Crippen LogP contribution in [-0.2, 0) is 9.53 Å². The maximum Gasteiger partial charge on any atom is 0.358 e. The third-order valence-electron chi connectivity index (χ3n) is 3.70. The second kappa shape index (κ2) is 7.38. The summed E-state index contributed by atoms with van der Waals surface area (Å²) >= 11 is 0. The van der Waals surface area contributed by atoms with Crippen LogP contribution in [0.15, 0.2) is 35.8 Å². The van der Waals surface area contributed by atoms with Crippen LogP contribution < -0.4 is 21.9 Å². The Morgan fingerprint density at radius 3 is 2.43 bits per heavy atom. The number of benzene rings is 1. The summed E-state index contributed by atoms with van der Waals surface area (Å²) in [5.74, 6) is 3.65. The molecule has 1 aliphatic heterocycles. The number of carboxylic acids is 1. The maximum absolute atomic E-state index is 10.9. The van der Waals surface area contributed by atoms with Gasteiger partial charge in [0.25, 0.3) is 0 Å². The van der Waals surface area contributed by atoms with Gasteiger partial charge in [-0.15, -0.1) is 0 Å². The standard InChI is InChI=1S/C15H19N5O3/c16-9-10-1-3-11(4-2-10)20-7-5-12(6-8-20)23-14(17)13(19-18)15(21)22/h1-4,12,19H,5-8,17-18H2,(H,21,22)/b14-13+. The summed E-state index contributed by atoms with van der Waals surface area (Å²) in [4.78, 5) is 13.1. The predicted octanol–water partition coefficient (Wildman–Crippen LogP) is 0.219. The minimum atomic E-state index is -1.26. The molecule has 0 saturated carbocycles. The molecule has 1 aromatic rings. The number of ether oxygens (including phenoxy) is 1. The van der Waals surface area contributed by atoms with E-state index in [1.54, 1.807) is 12.1 Å². The Labute approximate surface area is 133 Å². The number of anilines is 1. The van der Waals surface area contributed by atoms with E-state index in [0.717, 1.165) is 18.8 Å². The van der Waals surface area contributed by atoms with E-state index in [0.29, 0.717) is 18.4 Å². The molecule has 1 heterocycles. The zero-order valence-corrected chi connectivity index (χ0v) is 12.5. The molecule has 0 bridgehead atoms. The number of nitrogens with zero attached hydrogens (tertiary/aromatic N) is 2. The molecule has 0 radical (unpaired) electrons. The maximum atomic E-state index is 10.9. The monoisotopic (exact) mass is 317 g/mol. The molecule has 1 aromatic carbocycles. The summed E-state index contributed by atoms with van der Waals surface area (Å²) < 4.78 is 5.49. The number of hydrogen-bond donors (Lipinski definition) is 4. The van der Waals surface area contributed by atoms with Crippen LogP contribution in [0.25, 0.3) is 0 Å². The van der Waals surface area contributed by atoms with E-state index >= 15 is 0 Å². The molecule has 0 unspecified atom stereocenters. The first-order valence-electron chi connectivity index (χ1n) is 7.16. The number of rotatable bonds is 5. The molecule has 0 aliphatic carbocycles. The fourth-order valence-corrected chi connectivity index (χ4v) is 2.46. The molecule has 8 nitrogen and oxygen atoms in total. The molecule has 0 amide bonds. The first-order chi connectivity index (χ1) is 11.0. The van der Waals surface area contributed by atoms with E-state index in [2.05, 4.69) is 11.0 Å². The van der Waals surface area contributed by atoms with Crippen molar-refractivity contribution in [1.82, 2.24) is 5.43 Å². The van der Waals surface area contributed by atoms with Crippen LogP contribution in [0.1, 0.15) is 18.4 Å². The van der Waals surface area contributed by atoms with Gasteiger partial charge in [0.1, 0.15) is 6.10 Å². The number of carbonyl (C=O) groups is 1. The highest BCUT2D eigenvalue weighted by Crippen LogP contribution is 2.22. The molecule has 0 atom stereocenters. The Kier molecular flexibility index (Phi) is 5.28. The van der Waals surface area contributed by atoms with E-state index in [-0.39, 0.29) is 17.7 Å². The third-order valence-corrected chi connectivity index (χ3v) is 3.70. The summed E-state index contributed by atoms with van der Waals surface area (Å²) in [6.07, 6.45) is 1.25. The molecular formula is C15H19N5O3. The van der Waals surface area contributed by atoms with Gasteiger partial charge in [-0.3, -0.25) is 5.84 Å². The number of nitrogens with one attached hydrogen (secondary N) is 1. The van der Waals surface area contributed by atoms with E-state index in [9.17, 15) is 4.79 Å². The lowest BCUT2D eigenvalue weighted by Gasteiger charge is -2.33. The Hall–Kier alpha value is -2.92. The Balaban J connectivity index is 1.93. The van der Waals surface area contributed by atoms with Crippen molar-refractivity contribution in [3.05, 3.63) is 41.4 Å². The third kappa shape index (κ3) is 4.05. The van der Waals surface area contributed by atoms with Crippen molar-refractivity contribution in [1.29, 1.82) is 5.26 Å². The van der Waals surface area contributed by atoms with E-state index < -0.39 is 5.97 Å². The predicted molar refractivity (Wildman–Crippen MR) is 83.6 cm³/mol. The highest BCUT2D eigenvalue weighted by molar-refractivity contribution is 5.86. The van der Waals surface area contributed by atoms with Crippen LogP contribution in [0.5, 0.6) is 0 Å². The van der Waals surface area contributed by atoms with Crippen molar-refractivity contribution in [2.75, 3.05) is 18.0 Å². The fraction of sp³-hybridized carbons (Fsp3) is 0.333. The quantitative estimate of drug-likeness (QED) is 0.262. The SMILES string of the molecule is N#Cc1ccc(N2CCC(O/C(N)=C(/NN)C(=O)O)CC2)cc1. The Bertz CT molecular complexity index is 628. The van der Waals surface area contributed by atoms with Crippen LogP contribution in [0.3, 0.4) is 0 Å². The lowest BCUT2D eigenvalue weighted by molar-refractivity contribution is -0.133. The second-order valence-corrected chi connectivity index (χ2v) is 5.15. The summed E-state index contributed by atoms with van der Waals surface area (Å²) in [5, 5.41) is 17.7. The van der Waals surface area contributed by atoms with E-state index in [1.807, 2.05) is 17.6 Å². The van der Waals surface area contributed by atoms with Crippen molar-refractivity contribution >= 4 is 11.7 Å². The Morgan fingerprint density at radius 2 is 1.96 bits per heavy atom. The molecule has 8 heteroatoms. The Morgan fingerprint density at radius 1 is 1.35 bits per heavy atom. The van der Waals surface area contributed by atoms with Gasteiger partial charge < -0.3 is 25.9 Å². The number of piperidine rings is 1. The normalized spacial score (nSPS) is 16.3. The molecule has 0 aromatic heterocycles. The van der Waals surface area contributed by atoms with Gasteiger partial charge >= 0.3 is 5.97 Å². The smallest absolute Gasteiger partial charge is 0.358 e. The van der Waals surface area contributed by atoms with Gasteiger partial charge in [-0.2, -0.15) is 5.26 Å². The molecule has 0 spiro atoms. The molecule has 1 saturated heterocycles. The van der Waals surface area contributed by atoms with Gasteiger partial charge in [0.05, 0.1) is 11.6 Å². The van der Waals surface area contributed by atoms with Crippen molar-refractivity contribution in [2.45, 2.75) is 18.9 Å². The summed E-state index contributed by atoms with van der Waals surface area (Å²) in [6.45, 7) is 1.50. The van der Waals surface area contributed by atoms with Gasteiger partial charge in [-0.25, -0.2) is 4.79 Å². The number of carboxylic acid groups (broad SMARTS) is 1. The lowest BCUT2D eigenvalue weighted by Crippen LogP contribution is -2.38. The minimum Gasteiger partial charge on any atom is -0.476 e. The average Bonchev–Trinajstić information content (AvgIpc) is 2.56. The van der Waals surface area contributed by atoms with Gasteiger partial charge in [0, 0.05) is 31.6 Å². The molecule has 2 rings (SSSR count). The second-order valence-electron chi connectivity index (χ2n) is 5.15. The van der Waals surface area contributed by atoms with Crippen molar-refractivity contribution in [3.63, 3.8) is 0 Å². The van der Waals surface area contributed by atoms with Crippen LogP contribution in [-0.4, -0.2) is 30.3 Å². The highest BCUT2D eigenvalue weighted by atomic mass is 16.5. The number of hydrogen-bond acceptors (Lipinski definition) is 7. The molecule has 1 aliphatic rings. The number of hydrazine groups is 1. The molecular weight excluding hydrogens is 298 g/mol. The van der Waals surface area contributed by atoms with E-state index in [1.165, 1.54) is 0 Å². The van der Waals surface area contributed by atoms with E-state index in [4.69, 9.17) is 26.7 Å². The molecule has 23 heavy (non-hydrogen) atoms. The first-order valence-corrected chi connectivity index (χ1v) is 7.16. The van der Waals surface area contributed by atoms with Crippen LogP contribution in [0.2, 0.25) is 0 Å². The largest absolute Gasteiger partial charge is 0.476 e. The number of nitriles is 1. The van der Waals surface area contributed by atoms with Crippen molar-refractivity contribution in [3.8, 4) is 6.07 Å². The summed E-state index contributed by atoms with van der Waals surface area (Å²) in [7, 11) is 0. The van der Waals surface area contributed by atoms with Crippen molar-refractivity contribution < 1.29 is 14.6 Å². The van der Waals surface area contributed by atoms with Gasteiger partial charge in [0.15, 0.2) is 5.70 Å². The molecule has 1 fully saturated rings. The summed E-state index contributed by atoms with van der Waals surface area (Å²) in [5.41, 5.74) is 8.98. The summed E-state index contributed by atoms with van der Waals surface area (Å²) in [6, 6.07) is 9.48. The zero-order chi connectivity index (χ0) is 16.8. The highest BCUT2D eigenvalue weighted by Gasteiger charge is 2.23. The topological polar surface area (TPSA) is 138 Å². The van der Waals surface area contributed by atoms with Crippen molar-refractivity contribution in [2.24, 2.45) is 11.6 Å². The lowest BCUT2D eigenvalue weighted by atomic mass is 10.1. The fourth-order valence-electron chi connectivity index (χ4n) is 2.46. The van der Waals surface area contributed by atoms with Crippen LogP contribution >= 0.6 is 0 Å². The van der Waals surface area contributed by atoms with Gasteiger partial charge in [-0.05, 0) is 24.3 Å². The average molecular weight is 317 g/mol. The number of aliphatic carboxylic acids is 1. The van der Waals surface area contributed by atoms with Crippen LogP contribution in [0.4, 0.5) is 5.69 Å². The minimum absolute atomic E-state index is 0.160. The first kappa shape index (κ1) is 16.5. The number of nitrogens with two attached hydrogens (primary N) is 2. The molecule has 122 valence electrons. The molecule has 6 N–H and O–H groups in total. The van der Waals surface area contributed by atoms with Gasteiger partial charge in [0.2, 0.25) is 5.88 Å². The van der Waals surface area contributed by atoms with Crippen LogP contribution in [0, 0.1) is 11.3 Å². The zero-order valence-electron chi connectivity index (χ0n) is 12.5. The van der Waals surface area contributed by atoms with Gasteiger partial charge in [-0.1, -0.05) is 0 Å².